The van der Waals surface area contributed by atoms with Gasteiger partial charge in [-0.15, -0.1) is 11.6 Å². The summed E-state index contributed by atoms with van der Waals surface area (Å²) in [6.45, 7) is 7.15. The maximum absolute atomic E-state index is 12.0. The van der Waals surface area contributed by atoms with E-state index in [1.54, 1.807) is 0 Å². The summed E-state index contributed by atoms with van der Waals surface area (Å²) in [5.41, 5.74) is -0.530. The lowest BCUT2D eigenvalue weighted by Crippen LogP contribution is -2.34. The zero-order chi connectivity index (χ0) is 14.0. The molecule has 0 aromatic rings. The predicted octanol–water partition coefficient (Wildman–Crippen LogP) is 3.64. The highest BCUT2D eigenvalue weighted by Crippen LogP contribution is 2.36. The highest BCUT2D eigenvalue weighted by molar-refractivity contribution is 8.02. The molecule has 0 aromatic heterocycles. The maximum atomic E-state index is 12.0. The van der Waals surface area contributed by atoms with E-state index in [-0.39, 0.29) is 16.8 Å². The van der Waals surface area contributed by atoms with Crippen molar-refractivity contribution in [3.8, 4) is 0 Å². The Kier molecular flexibility index (Phi) is 5.44. The van der Waals surface area contributed by atoms with Gasteiger partial charge in [0.15, 0.2) is 0 Å². The van der Waals surface area contributed by atoms with Gasteiger partial charge in [-0.2, -0.15) is 0 Å². The first-order valence-corrected chi connectivity index (χ1v) is 8.45. The van der Waals surface area contributed by atoms with E-state index in [0.717, 1.165) is 12.8 Å². The number of carbonyl (C=O) groups is 1. The lowest BCUT2D eigenvalue weighted by atomic mass is 9.75. The summed E-state index contributed by atoms with van der Waals surface area (Å²) in [6, 6.07) is 0. The summed E-state index contributed by atoms with van der Waals surface area (Å²) in [5, 5.41) is 0. The molecule has 2 aliphatic rings. The quantitative estimate of drug-likeness (QED) is 0.589. The molecule has 1 saturated heterocycles. The fraction of sp³-hybridized carbons (Fsp3) is 0.929. The molecule has 5 atom stereocenters. The Balaban J connectivity index is 1.85. The van der Waals surface area contributed by atoms with Gasteiger partial charge in [-0.25, -0.2) is 4.79 Å². The molecule has 0 spiro atoms. The highest BCUT2D eigenvalue weighted by atomic mass is 35.5. The Labute approximate surface area is 124 Å². The Bertz CT molecular complexity index is 324. The number of esters is 1. The van der Waals surface area contributed by atoms with Crippen LogP contribution in [0.3, 0.4) is 0 Å². The van der Waals surface area contributed by atoms with E-state index in [0.29, 0.717) is 24.4 Å². The van der Waals surface area contributed by atoms with Crippen LogP contribution in [0.4, 0.5) is 0 Å². The number of rotatable bonds is 3. The van der Waals surface area contributed by atoms with E-state index in [2.05, 4.69) is 20.8 Å². The number of thioether (sulfide) groups is 1. The van der Waals surface area contributed by atoms with E-state index in [1.807, 2.05) is 0 Å². The third-order valence-corrected chi connectivity index (χ3v) is 5.45. The Morgan fingerprint density at radius 2 is 2.11 bits per heavy atom. The average Bonchev–Trinajstić information content (AvgIpc) is 2.75. The van der Waals surface area contributed by atoms with Gasteiger partial charge in [0.2, 0.25) is 5.44 Å². The first-order chi connectivity index (χ1) is 8.95. The molecule has 2 rings (SSSR count). The Hall–Kier alpha value is 0.0700. The van der Waals surface area contributed by atoms with Crippen LogP contribution >= 0.6 is 23.4 Å². The molecule has 0 aromatic carbocycles. The van der Waals surface area contributed by atoms with Crippen molar-refractivity contribution in [3.63, 3.8) is 0 Å². The highest BCUT2D eigenvalue weighted by Gasteiger charge is 2.36. The van der Waals surface area contributed by atoms with Gasteiger partial charge in [-0.05, 0) is 37.0 Å². The number of halogens is 1. The molecule has 1 aliphatic carbocycles. The third-order valence-electron chi connectivity index (χ3n) is 4.00. The van der Waals surface area contributed by atoms with Crippen molar-refractivity contribution in [2.24, 2.45) is 17.8 Å². The minimum Gasteiger partial charge on any atom is -0.460 e. The Morgan fingerprint density at radius 3 is 2.68 bits per heavy atom. The molecule has 1 saturated carbocycles. The van der Waals surface area contributed by atoms with E-state index >= 15 is 0 Å². The molecule has 1 aliphatic heterocycles. The van der Waals surface area contributed by atoms with Crippen LogP contribution in [-0.2, 0) is 14.3 Å². The molecule has 0 amide bonds. The summed E-state index contributed by atoms with van der Waals surface area (Å²) in [4.78, 5) is 12.0. The van der Waals surface area contributed by atoms with Gasteiger partial charge in [-0.1, -0.05) is 32.5 Å². The van der Waals surface area contributed by atoms with Crippen LogP contribution in [0.2, 0.25) is 0 Å². The number of hydrogen-bond acceptors (Lipinski definition) is 4. The van der Waals surface area contributed by atoms with Crippen molar-refractivity contribution in [1.82, 2.24) is 0 Å². The molecule has 19 heavy (non-hydrogen) atoms. The zero-order valence-corrected chi connectivity index (χ0v) is 13.4. The van der Waals surface area contributed by atoms with Crippen molar-refractivity contribution in [2.75, 3.05) is 6.61 Å². The number of alkyl halides is 1. The molecule has 2 fully saturated rings. The summed E-state index contributed by atoms with van der Waals surface area (Å²) in [6.07, 6.45) is 3.23. The molecule has 1 heterocycles. The largest absolute Gasteiger partial charge is 0.460 e. The number of carbonyl (C=O) groups excluding carboxylic acids is 1. The monoisotopic (exact) mass is 306 g/mol. The van der Waals surface area contributed by atoms with Gasteiger partial charge in [-0.3, -0.25) is 0 Å². The minimum atomic E-state index is -0.530. The second-order valence-electron chi connectivity index (χ2n) is 6.09. The molecule has 0 N–H and O–H groups in total. The van der Waals surface area contributed by atoms with Crippen LogP contribution in [0.5, 0.6) is 0 Å². The molecule has 5 heteroatoms. The van der Waals surface area contributed by atoms with Gasteiger partial charge in [0.1, 0.15) is 10.8 Å². The van der Waals surface area contributed by atoms with E-state index in [9.17, 15) is 4.79 Å². The van der Waals surface area contributed by atoms with Crippen LogP contribution in [0.1, 0.15) is 40.0 Å². The van der Waals surface area contributed by atoms with Gasteiger partial charge in [0.25, 0.3) is 0 Å². The van der Waals surface area contributed by atoms with Crippen LogP contribution in [0, 0.1) is 17.8 Å². The smallest absolute Gasteiger partial charge is 0.346 e. The fourth-order valence-corrected chi connectivity index (χ4v) is 4.05. The molecule has 0 bridgehead atoms. The van der Waals surface area contributed by atoms with Gasteiger partial charge < -0.3 is 9.47 Å². The second-order valence-corrected chi connectivity index (χ2v) is 8.14. The lowest BCUT2D eigenvalue weighted by molar-refractivity contribution is -0.159. The van der Waals surface area contributed by atoms with E-state index in [4.69, 9.17) is 21.1 Å². The summed E-state index contributed by atoms with van der Waals surface area (Å²) in [5.74, 6) is 1.67. The van der Waals surface area contributed by atoms with Crippen molar-refractivity contribution in [1.29, 1.82) is 0 Å². The topological polar surface area (TPSA) is 35.5 Å². The molecule has 0 radical (unpaired) electrons. The summed E-state index contributed by atoms with van der Waals surface area (Å²) < 4.78 is 10.8. The van der Waals surface area contributed by atoms with Crippen LogP contribution in [0.15, 0.2) is 0 Å². The van der Waals surface area contributed by atoms with Crippen molar-refractivity contribution in [3.05, 3.63) is 0 Å². The van der Waals surface area contributed by atoms with Crippen molar-refractivity contribution >= 4 is 29.3 Å². The fourth-order valence-electron chi connectivity index (χ4n) is 2.95. The maximum Gasteiger partial charge on any atom is 0.346 e. The lowest BCUT2D eigenvalue weighted by Gasteiger charge is -2.35. The van der Waals surface area contributed by atoms with Crippen molar-refractivity contribution in [2.45, 2.75) is 56.3 Å². The molecule has 1 unspecified atom stereocenters. The number of ether oxygens (including phenoxy) is 2. The predicted molar refractivity (Wildman–Crippen MR) is 78.2 cm³/mol. The van der Waals surface area contributed by atoms with E-state index < -0.39 is 5.44 Å². The molecule has 110 valence electrons. The van der Waals surface area contributed by atoms with Crippen LogP contribution in [-0.4, -0.2) is 28.8 Å². The van der Waals surface area contributed by atoms with E-state index in [1.165, 1.54) is 18.2 Å². The summed E-state index contributed by atoms with van der Waals surface area (Å²) in [7, 11) is 0. The summed E-state index contributed by atoms with van der Waals surface area (Å²) >= 11 is 7.25. The first-order valence-electron chi connectivity index (χ1n) is 7.07. The first kappa shape index (κ1) is 15.5. The molecular formula is C14H23ClO3S. The molecular weight excluding hydrogens is 284 g/mol. The van der Waals surface area contributed by atoms with Crippen molar-refractivity contribution < 1.29 is 14.3 Å². The average molecular weight is 307 g/mol. The SMILES string of the molecule is CC(C)[C@@H]1CC(OC(=O)[C@@H]2OC[C@@H](Cl)S2)C[C@@H](C)C1. The van der Waals surface area contributed by atoms with Crippen LogP contribution < -0.4 is 0 Å². The number of hydrogen-bond donors (Lipinski definition) is 0. The second kappa shape index (κ2) is 6.68. The molecule has 3 nitrogen and oxygen atoms in total. The van der Waals surface area contributed by atoms with Gasteiger partial charge >= 0.3 is 5.97 Å². The third kappa shape index (κ3) is 4.27. The Morgan fingerprint density at radius 1 is 1.37 bits per heavy atom. The standard InChI is InChI=1S/C14H23ClO3S/c1-8(2)10-4-9(3)5-11(6-10)18-13(16)14-17-7-12(15)19-14/h8-12,14H,4-7H2,1-3H3/t9-,10-,11?,12-,14+/m0/s1. The minimum absolute atomic E-state index is 0.0437. The van der Waals surface area contributed by atoms with Gasteiger partial charge in [0.05, 0.1) is 6.61 Å². The zero-order valence-electron chi connectivity index (χ0n) is 11.8. The normalized spacial score (nSPS) is 39.5. The van der Waals surface area contributed by atoms with Gasteiger partial charge in [0, 0.05) is 0 Å². The van der Waals surface area contributed by atoms with Crippen LogP contribution in [0.25, 0.3) is 0 Å².